The molecule has 168 valence electrons. The summed E-state index contributed by atoms with van der Waals surface area (Å²) in [5.41, 5.74) is 3.22. The average molecular weight is 442 g/mol. The van der Waals surface area contributed by atoms with E-state index in [1.807, 2.05) is 30.3 Å². The van der Waals surface area contributed by atoms with Crippen LogP contribution in [0.3, 0.4) is 0 Å². The molecule has 1 atom stereocenters. The first kappa shape index (κ1) is 22.2. The average Bonchev–Trinajstić information content (AvgIpc) is 3.28. The summed E-state index contributed by atoms with van der Waals surface area (Å²) in [4.78, 5) is 28.1. The Kier molecular flexibility index (Phi) is 7.10. The Morgan fingerprint density at radius 2 is 2.15 bits per heavy atom. The van der Waals surface area contributed by atoms with Gasteiger partial charge in [0.25, 0.3) is 0 Å². The van der Waals surface area contributed by atoms with Gasteiger partial charge in [0.1, 0.15) is 5.82 Å². The van der Waals surface area contributed by atoms with Gasteiger partial charge in [0.05, 0.1) is 18.1 Å². The van der Waals surface area contributed by atoms with Crippen LogP contribution in [0.5, 0.6) is 0 Å². The highest BCUT2D eigenvalue weighted by molar-refractivity contribution is 5.79. The van der Waals surface area contributed by atoms with Crippen molar-refractivity contribution in [3.05, 3.63) is 71.7 Å². The summed E-state index contributed by atoms with van der Waals surface area (Å²) in [5, 5.41) is 15.5. The molecule has 8 nitrogen and oxygen atoms in total. The van der Waals surface area contributed by atoms with E-state index in [1.54, 1.807) is 24.5 Å². The van der Waals surface area contributed by atoms with Crippen LogP contribution in [0.15, 0.2) is 54.9 Å². The Morgan fingerprint density at radius 1 is 1.24 bits per heavy atom. The van der Waals surface area contributed by atoms with Crippen molar-refractivity contribution >= 4 is 23.4 Å². The second-order valence-electron chi connectivity index (χ2n) is 8.15. The van der Waals surface area contributed by atoms with Crippen molar-refractivity contribution in [2.24, 2.45) is 0 Å². The molecule has 1 aliphatic rings. The quantitative estimate of drug-likeness (QED) is 0.552. The predicted octanol–water partition coefficient (Wildman–Crippen LogP) is 3.38. The van der Waals surface area contributed by atoms with E-state index in [0.717, 1.165) is 48.6 Å². The fourth-order valence-electron chi connectivity index (χ4n) is 3.93. The Hall–Kier alpha value is -3.99. The molecule has 1 fully saturated rings. The van der Waals surface area contributed by atoms with Crippen LogP contribution in [-0.4, -0.2) is 40.0 Å². The summed E-state index contributed by atoms with van der Waals surface area (Å²) in [7, 11) is 0. The lowest BCUT2D eigenvalue weighted by Crippen LogP contribution is -2.38. The number of carbonyl (C=O) groups excluding carboxylic acids is 1. The summed E-state index contributed by atoms with van der Waals surface area (Å²) in [6.45, 7) is 3.63. The van der Waals surface area contributed by atoms with E-state index >= 15 is 0 Å². The van der Waals surface area contributed by atoms with Crippen LogP contribution >= 0.6 is 0 Å². The third kappa shape index (κ3) is 6.04. The molecule has 0 aliphatic carbocycles. The van der Waals surface area contributed by atoms with E-state index in [0.29, 0.717) is 24.5 Å². The van der Waals surface area contributed by atoms with E-state index in [9.17, 15) is 4.79 Å². The third-order valence-electron chi connectivity index (χ3n) is 5.48. The molecule has 1 aromatic carbocycles. The van der Waals surface area contributed by atoms with Gasteiger partial charge in [-0.3, -0.25) is 9.78 Å². The molecular weight excluding hydrogens is 414 g/mol. The van der Waals surface area contributed by atoms with Crippen molar-refractivity contribution in [3.8, 4) is 6.07 Å². The Bertz CT molecular complexity index is 1140. The topological polar surface area (TPSA) is 107 Å². The SMILES string of the molecule is CCCc1cc(N2CCC(NC(=O)Cc3cccnc3)C2)nc(Nc2cccc(C#N)c2)n1. The number of nitrogens with zero attached hydrogens (tertiary/aromatic N) is 5. The molecular formula is C25H27N7O. The van der Waals surface area contributed by atoms with Crippen LogP contribution in [0.2, 0.25) is 0 Å². The Balaban J connectivity index is 1.44. The lowest BCUT2D eigenvalue weighted by atomic mass is 10.2. The molecule has 4 rings (SSSR count). The lowest BCUT2D eigenvalue weighted by Gasteiger charge is -2.20. The number of pyridine rings is 1. The van der Waals surface area contributed by atoms with Crippen molar-refractivity contribution in [1.29, 1.82) is 5.26 Å². The third-order valence-corrected chi connectivity index (χ3v) is 5.48. The molecule has 3 aromatic rings. The zero-order valence-corrected chi connectivity index (χ0v) is 18.7. The van der Waals surface area contributed by atoms with Gasteiger partial charge < -0.3 is 15.5 Å². The fraction of sp³-hybridized carbons (Fsp3) is 0.320. The number of carbonyl (C=O) groups is 1. The maximum absolute atomic E-state index is 12.4. The Morgan fingerprint density at radius 3 is 2.94 bits per heavy atom. The van der Waals surface area contributed by atoms with E-state index in [4.69, 9.17) is 10.2 Å². The smallest absolute Gasteiger partial charge is 0.229 e. The first-order valence-corrected chi connectivity index (χ1v) is 11.2. The highest BCUT2D eigenvalue weighted by atomic mass is 16.1. The van der Waals surface area contributed by atoms with E-state index in [-0.39, 0.29) is 11.9 Å². The number of benzene rings is 1. The van der Waals surface area contributed by atoms with Gasteiger partial charge in [0, 0.05) is 49.0 Å². The van der Waals surface area contributed by atoms with Gasteiger partial charge >= 0.3 is 0 Å². The first-order valence-electron chi connectivity index (χ1n) is 11.2. The molecule has 0 spiro atoms. The number of amides is 1. The van der Waals surface area contributed by atoms with Gasteiger partial charge in [-0.2, -0.15) is 10.2 Å². The summed E-state index contributed by atoms with van der Waals surface area (Å²) in [6, 6.07) is 15.3. The molecule has 8 heteroatoms. The largest absolute Gasteiger partial charge is 0.354 e. The summed E-state index contributed by atoms with van der Waals surface area (Å²) in [6.07, 6.45) is 6.44. The first-order chi connectivity index (χ1) is 16.1. The highest BCUT2D eigenvalue weighted by Crippen LogP contribution is 2.23. The lowest BCUT2D eigenvalue weighted by molar-refractivity contribution is -0.121. The molecule has 1 aliphatic heterocycles. The molecule has 1 unspecified atom stereocenters. The minimum atomic E-state index is 0.00365. The maximum Gasteiger partial charge on any atom is 0.229 e. The number of rotatable bonds is 8. The second kappa shape index (κ2) is 10.6. The van der Waals surface area contributed by atoms with E-state index in [2.05, 4.69) is 38.5 Å². The number of aryl methyl sites for hydroxylation is 1. The summed E-state index contributed by atoms with van der Waals surface area (Å²) < 4.78 is 0. The van der Waals surface area contributed by atoms with Gasteiger partial charge in [-0.25, -0.2) is 4.98 Å². The number of hydrogen-bond donors (Lipinski definition) is 2. The van der Waals surface area contributed by atoms with Gasteiger partial charge in [-0.05, 0) is 42.7 Å². The second-order valence-corrected chi connectivity index (χ2v) is 8.15. The van der Waals surface area contributed by atoms with Crippen LogP contribution in [0, 0.1) is 11.3 Å². The molecule has 2 N–H and O–H groups in total. The number of nitrogens with one attached hydrogen (secondary N) is 2. The van der Waals surface area contributed by atoms with Gasteiger partial charge in [0.2, 0.25) is 11.9 Å². The molecule has 1 amide bonds. The van der Waals surface area contributed by atoms with Crippen molar-refractivity contribution < 1.29 is 4.79 Å². The monoisotopic (exact) mass is 441 g/mol. The van der Waals surface area contributed by atoms with Crippen LogP contribution in [0.4, 0.5) is 17.5 Å². The van der Waals surface area contributed by atoms with Crippen LogP contribution in [0.1, 0.15) is 36.6 Å². The summed E-state index contributed by atoms with van der Waals surface area (Å²) >= 11 is 0. The van der Waals surface area contributed by atoms with Gasteiger partial charge in [-0.15, -0.1) is 0 Å². The summed E-state index contributed by atoms with van der Waals surface area (Å²) in [5.74, 6) is 1.36. The van der Waals surface area contributed by atoms with E-state index in [1.165, 1.54) is 0 Å². The number of hydrogen-bond acceptors (Lipinski definition) is 7. The van der Waals surface area contributed by atoms with Gasteiger partial charge in [-0.1, -0.05) is 25.5 Å². The van der Waals surface area contributed by atoms with Crippen molar-refractivity contribution in [3.63, 3.8) is 0 Å². The van der Waals surface area contributed by atoms with E-state index < -0.39 is 0 Å². The maximum atomic E-state index is 12.4. The number of nitriles is 1. The molecule has 0 saturated carbocycles. The number of anilines is 3. The fourth-order valence-corrected chi connectivity index (χ4v) is 3.93. The standard InChI is InChI=1S/C25H27N7O/c1-2-5-20-14-23(31-25(29-20)30-21-8-3-6-18(12-21)15-26)32-11-9-22(17-32)28-24(33)13-19-7-4-10-27-16-19/h3-4,6-8,10,12,14,16,22H,2,5,9,11,13,17H2,1H3,(H,28,33)(H,29,30,31). The van der Waals surface area contributed by atoms with Crippen molar-refractivity contribution in [2.75, 3.05) is 23.3 Å². The van der Waals surface area contributed by atoms with Crippen LogP contribution in [0.25, 0.3) is 0 Å². The zero-order valence-electron chi connectivity index (χ0n) is 18.7. The van der Waals surface area contributed by atoms with Crippen LogP contribution in [-0.2, 0) is 17.6 Å². The molecule has 1 saturated heterocycles. The molecule has 3 heterocycles. The molecule has 2 aromatic heterocycles. The zero-order chi connectivity index (χ0) is 23.0. The molecule has 0 radical (unpaired) electrons. The normalized spacial score (nSPS) is 15.2. The highest BCUT2D eigenvalue weighted by Gasteiger charge is 2.25. The molecule has 0 bridgehead atoms. The van der Waals surface area contributed by atoms with Crippen molar-refractivity contribution in [1.82, 2.24) is 20.3 Å². The van der Waals surface area contributed by atoms with Crippen molar-refractivity contribution in [2.45, 2.75) is 38.6 Å². The minimum Gasteiger partial charge on any atom is -0.354 e. The number of aromatic nitrogens is 3. The Labute approximate surface area is 193 Å². The minimum absolute atomic E-state index is 0.00365. The van der Waals surface area contributed by atoms with Crippen LogP contribution < -0.4 is 15.5 Å². The predicted molar refractivity (Wildman–Crippen MR) is 127 cm³/mol. The molecule has 33 heavy (non-hydrogen) atoms. The van der Waals surface area contributed by atoms with Gasteiger partial charge in [0.15, 0.2) is 0 Å².